The molecule has 16 heavy (non-hydrogen) atoms. The molecule has 0 aliphatic rings. The molecule has 2 amide bonds. The van der Waals surface area contributed by atoms with Crippen molar-refractivity contribution in [1.29, 1.82) is 0 Å². The van der Waals surface area contributed by atoms with Crippen molar-refractivity contribution in [1.82, 2.24) is 10.6 Å². The fraction of sp³-hybridized carbons (Fsp3) is 0.778. The molecule has 0 aromatic rings. The van der Waals surface area contributed by atoms with Crippen molar-refractivity contribution in [2.45, 2.75) is 19.1 Å². The molecule has 3 N–H and O–H groups in total. The molecule has 2 unspecified atom stereocenters. The van der Waals surface area contributed by atoms with E-state index in [1.807, 2.05) is 0 Å². The molecule has 0 heterocycles. The summed E-state index contributed by atoms with van der Waals surface area (Å²) in [6.45, 7) is 1.55. The molecule has 0 saturated carbocycles. The van der Waals surface area contributed by atoms with E-state index in [0.29, 0.717) is 0 Å². The first-order valence-corrected chi connectivity index (χ1v) is 5.47. The molecule has 0 aromatic carbocycles. The molecule has 0 saturated heterocycles. The van der Waals surface area contributed by atoms with Crippen LogP contribution in [0, 0.1) is 0 Å². The van der Waals surface area contributed by atoms with Gasteiger partial charge in [0.2, 0.25) is 11.8 Å². The van der Waals surface area contributed by atoms with Crippen molar-refractivity contribution in [2.24, 2.45) is 0 Å². The van der Waals surface area contributed by atoms with Crippen LogP contribution in [0.3, 0.4) is 0 Å². The smallest absolute Gasteiger partial charge is 0.243 e. The lowest BCUT2D eigenvalue weighted by molar-refractivity contribution is -0.127. The molecule has 94 valence electrons. The van der Waals surface area contributed by atoms with Gasteiger partial charge in [-0.3, -0.25) is 9.59 Å². The van der Waals surface area contributed by atoms with Crippen molar-refractivity contribution in [3.8, 4) is 0 Å². The van der Waals surface area contributed by atoms with E-state index in [9.17, 15) is 14.7 Å². The van der Waals surface area contributed by atoms with E-state index >= 15 is 0 Å². The number of aliphatic hydroxyl groups excluding tert-OH is 1. The fourth-order valence-corrected chi connectivity index (χ4v) is 1.29. The van der Waals surface area contributed by atoms with Crippen LogP contribution in [0.25, 0.3) is 0 Å². The molecular formula is C9H18N2O4S. The van der Waals surface area contributed by atoms with Gasteiger partial charge in [-0.15, -0.1) is 0 Å². The van der Waals surface area contributed by atoms with Crippen LogP contribution in [0.2, 0.25) is 0 Å². The van der Waals surface area contributed by atoms with Gasteiger partial charge in [-0.05, 0) is 0 Å². The number of rotatable bonds is 7. The van der Waals surface area contributed by atoms with E-state index in [0.717, 1.165) is 0 Å². The number of carbonyl (C=O) groups is 2. The summed E-state index contributed by atoms with van der Waals surface area (Å²) in [6.07, 6.45) is -0.758. The van der Waals surface area contributed by atoms with Crippen molar-refractivity contribution < 1.29 is 19.4 Å². The summed E-state index contributed by atoms with van der Waals surface area (Å²) in [5.41, 5.74) is 0. The zero-order valence-corrected chi connectivity index (χ0v) is 10.3. The maximum Gasteiger partial charge on any atom is 0.243 e. The Morgan fingerprint density at radius 2 is 2.12 bits per heavy atom. The monoisotopic (exact) mass is 250 g/mol. The van der Waals surface area contributed by atoms with Gasteiger partial charge in [-0.1, -0.05) is 0 Å². The highest BCUT2D eigenvalue weighted by Gasteiger charge is 2.18. The second kappa shape index (κ2) is 8.37. The highest BCUT2D eigenvalue weighted by Crippen LogP contribution is 1.90. The maximum atomic E-state index is 11.5. The third-order valence-corrected chi connectivity index (χ3v) is 2.11. The van der Waals surface area contributed by atoms with Gasteiger partial charge in [-0.25, -0.2) is 0 Å². The molecular weight excluding hydrogens is 232 g/mol. The summed E-state index contributed by atoms with van der Waals surface area (Å²) in [7, 11) is 1.46. The normalized spacial score (nSPS) is 14.0. The molecule has 2 atom stereocenters. The van der Waals surface area contributed by atoms with Crippen LogP contribution in [-0.4, -0.2) is 55.1 Å². The van der Waals surface area contributed by atoms with E-state index in [1.165, 1.54) is 14.0 Å². The molecule has 0 aliphatic heterocycles. The molecule has 0 fully saturated rings. The van der Waals surface area contributed by atoms with E-state index in [-0.39, 0.29) is 30.7 Å². The minimum atomic E-state index is -0.758. The number of methoxy groups -OCH3 is 1. The quantitative estimate of drug-likeness (QED) is 0.416. The summed E-state index contributed by atoms with van der Waals surface area (Å²) in [5, 5.41) is 14.2. The molecule has 0 bridgehead atoms. The van der Waals surface area contributed by atoms with Gasteiger partial charge in [0, 0.05) is 26.3 Å². The van der Waals surface area contributed by atoms with E-state index in [4.69, 9.17) is 4.74 Å². The van der Waals surface area contributed by atoms with Crippen LogP contribution >= 0.6 is 12.6 Å². The van der Waals surface area contributed by atoms with Gasteiger partial charge < -0.3 is 20.5 Å². The molecule has 0 aromatic heterocycles. The van der Waals surface area contributed by atoms with Crippen molar-refractivity contribution in [3.63, 3.8) is 0 Å². The second-order valence-corrected chi connectivity index (χ2v) is 3.66. The summed E-state index contributed by atoms with van der Waals surface area (Å²) in [5.74, 6) is -0.474. The zero-order chi connectivity index (χ0) is 12.6. The van der Waals surface area contributed by atoms with Crippen molar-refractivity contribution >= 4 is 24.4 Å². The van der Waals surface area contributed by atoms with Gasteiger partial charge in [0.15, 0.2) is 0 Å². The molecule has 0 aliphatic carbocycles. The third kappa shape index (κ3) is 6.65. The number of nitrogens with one attached hydrogen (secondary N) is 2. The lowest BCUT2D eigenvalue weighted by Crippen LogP contribution is -2.49. The number of carbonyl (C=O) groups excluding carboxylic acids is 2. The van der Waals surface area contributed by atoms with Crippen LogP contribution in [0.1, 0.15) is 6.92 Å². The molecule has 0 spiro atoms. The first-order valence-electron chi connectivity index (χ1n) is 4.84. The topological polar surface area (TPSA) is 87.7 Å². The predicted molar refractivity (Wildman–Crippen MR) is 62.4 cm³/mol. The predicted octanol–water partition coefficient (Wildman–Crippen LogP) is -1.46. The maximum absolute atomic E-state index is 11.5. The van der Waals surface area contributed by atoms with E-state index in [1.54, 1.807) is 0 Å². The Balaban J connectivity index is 3.97. The van der Waals surface area contributed by atoms with Gasteiger partial charge in [0.05, 0.1) is 12.7 Å². The Morgan fingerprint density at radius 3 is 2.56 bits per heavy atom. The van der Waals surface area contributed by atoms with E-state index in [2.05, 4.69) is 23.3 Å². The largest absolute Gasteiger partial charge is 0.389 e. The van der Waals surface area contributed by atoms with Crippen LogP contribution in [0.4, 0.5) is 0 Å². The molecule has 7 heteroatoms. The summed E-state index contributed by atoms with van der Waals surface area (Å²) in [6, 6.07) is -0.685. The lowest BCUT2D eigenvalue weighted by atomic mass is 10.3. The molecule has 0 radical (unpaired) electrons. The molecule has 6 nitrogen and oxygen atoms in total. The summed E-state index contributed by atoms with van der Waals surface area (Å²) < 4.78 is 4.70. The number of thiol groups is 1. The Kier molecular flexibility index (Phi) is 7.96. The van der Waals surface area contributed by atoms with Gasteiger partial charge in [0.25, 0.3) is 0 Å². The average molecular weight is 250 g/mol. The number of amides is 2. The number of aliphatic hydroxyl groups is 1. The van der Waals surface area contributed by atoms with E-state index < -0.39 is 12.1 Å². The fourth-order valence-electron chi connectivity index (χ4n) is 1.03. The summed E-state index contributed by atoms with van der Waals surface area (Å²) in [4.78, 5) is 22.3. The first kappa shape index (κ1) is 15.2. The van der Waals surface area contributed by atoms with Gasteiger partial charge in [0.1, 0.15) is 6.04 Å². The highest BCUT2D eigenvalue weighted by molar-refractivity contribution is 7.80. The van der Waals surface area contributed by atoms with Crippen LogP contribution in [-0.2, 0) is 14.3 Å². The Labute approximate surface area is 100 Å². The first-order chi connectivity index (χ1) is 7.51. The number of hydrogen-bond donors (Lipinski definition) is 4. The minimum Gasteiger partial charge on any atom is -0.389 e. The average Bonchev–Trinajstić information content (AvgIpc) is 2.22. The second-order valence-electron chi connectivity index (χ2n) is 3.29. The SMILES string of the molecule is COCC(O)CNC(=O)C(CS)NC(C)=O. The minimum absolute atomic E-state index is 0.0799. The van der Waals surface area contributed by atoms with Crippen LogP contribution in [0.15, 0.2) is 0 Å². The van der Waals surface area contributed by atoms with Crippen LogP contribution in [0.5, 0.6) is 0 Å². The Morgan fingerprint density at radius 1 is 1.50 bits per heavy atom. The van der Waals surface area contributed by atoms with Crippen LogP contribution < -0.4 is 10.6 Å². The van der Waals surface area contributed by atoms with Gasteiger partial charge in [-0.2, -0.15) is 12.6 Å². The van der Waals surface area contributed by atoms with Crippen molar-refractivity contribution in [3.05, 3.63) is 0 Å². The zero-order valence-electron chi connectivity index (χ0n) is 9.40. The van der Waals surface area contributed by atoms with Gasteiger partial charge >= 0.3 is 0 Å². The lowest BCUT2D eigenvalue weighted by Gasteiger charge is -2.16. The number of ether oxygens (including phenoxy) is 1. The standard InChI is InChI=1S/C9H18N2O4S/c1-6(12)11-8(5-16)9(14)10-3-7(13)4-15-2/h7-8,13,16H,3-5H2,1-2H3,(H,10,14)(H,11,12). The summed E-state index contributed by atoms with van der Waals surface area (Å²) >= 11 is 3.95. The molecule has 0 rings (SSSR count). The van der Waals surface area contributed by atoms with Crippen molar-refractivity contribution in [2.75, 3.05) is 26.0 Å². The Hall–Kier alpha value is -0.790. The Bertz CT molecular complexity index is 238. The third-order valence-electron chi connectivity index (χ3n) is 1.75. The highest BCUT2D eigenvalue weighted by atomic mass is 32.1. The number of hydrogen-bond acceptors (Lipinski definition) is 5.